The number of nitrogens with two attached hydrogens (primary N) is 1. The first-order valence-corrected chi connectivity index (χ1v) is 6.96. The number of unbranched alkanes of at least 4 members (excludes halogenated alkanes) is 1. The van der Waals surface area contributed by atoms with Gasteiger partial charge in [0.2, 0.25) is 0 Å². The van der Waals surface area contributed by atoms with E-state index in [0.717, 1.165) is 24.2 Å². The van der Waals surface area contributed by atoms with E-state index in [9.17, 15) is 5.11 Å². The molecule has 0 amide bonds. The van der Waals surface area contributed by atoms with Crippen LogP contribution >= 0.6 is 0 Å². The second-order valence-electron chi connectivity index (χ2n) is 4.57. The summed E-state index contributed by atoms with van der Waals surface area (Å²) in [5.74, 6) is 1.40. The Balaban J connectivity index is 2.40. The van der Waals surface area contributed by atoms with Crippen molar-refractivity contribution >= 4 is 0 Å². The van der Waals surface area contributed by atoms with Gasteiger partial charge in [-0.05, 0) is 24.6 Å². The molecule has 1 atom stereocenters. The van der Waals surface area contributed by atoms with Crippen molar-refractivity contribution in [1.82, 2.24) is 0 Å². The van der Waals surface area contributed by atoms with Crippen LogP contribution in [0.5, 0.6) is 11.5 Å². The van der Waals surface area contributed by atoms with Crippen LogP contribution in [0, 0.1) is 0 Å². The minimum atomic E-state index is -0.639. The van der Waals surface area contributed by atoms with E-state index in [1.54, 1.807) is 19.2 Å². The van der Waals surface area contributed by atoms with Crippen molar-refractivity contribution in [3.05, 3.63) is 23.8 Å². The highest BCUT2D eigenvalue weighted by molar-refractivity contribution is 5.40. The molecule has 0 aliphatic heterocycles. The number of ether oxygens (including phenoxy) is 3. The Bertz CT molecular complexity index is 384. The van der Waals surface area contributed by atoms with Crippen LogP contribution in [-0.4, -0.2) is 38.1 Å². The fourth-order valence-electron chi connectivity index (χ4n) is 1.68. The number of hydrogen-bond donors (Lipinski definition) is 2. The number of hydrogen-bond acceptors (Lipinski definition) is 5. The predicted octanol–water partition coefficient (Wildman–Crippen LogP) is 1.71. The van der Waals surface area contributed by atoms with Gasteiger partial charge < -0.3 is 25.1 Å². The lowest BCUT2D eigenvalue weighted by Gasteiger charge is -2.15. The number of rotatable bonds is 10. The van der Waals surface area contributed by atoms with Gasteiger partial charge in [-0.1, -0.05) is 13.3 Å². The largest absolute Gasteiger partial charge is 0.497 e. The average Bonchev–Trinajstić information content (AvgIpc) is 2.49. The molecule has 0 saturated carbocycles. The van der Waals surface area contributed by atoms with Crippen LogP contribution < -0.4 is 15.2 Å². The molecule has 114 valence electrons. The Kier molecular flexibility index (Phi) is 8.02. The molecule has 0 spiro atoms. The zero-order valence-corrected chi connectivity index (χ0v) is 12.3. The van der Waals surface area contributed by atoms with Gasteiger partial charge in [-0.15, -0.1) is 0 Å². The Morgan fingerprint density at radius 3 is 2.75 bits per heavy atom. The summed E-state index contributed by atoms with van der Waals surface area (Å²) in [4.78, 5) is 0. The molecule has 0 heterocycles. The zero-order valence-electron chi connectivity index (χ0n) is 12.3. The maximum absolute atomic E-state index is 9.77. The van der Waals surface area contributed by atoms with E-state index in [1.165, 1.54) is 0 Å². The summed E-state index contributed by atoms with van der Waals surface area (Å²) in [7, 11) is 1.60. The van der Waals surface area contributed by atoms with E-state index < -0.39 is 6.10 Å². The molecule has 0 aliphatic rings. The molecular weight excluding hydrogens is 258 g/mol. The van der Waals surface area contributed by atoms with E-state index in [-0.39, 0.29) is 13.2 Å². The van der Waals surface area contributed by atoms with Crippen LogP contribution in [0.2, 0.25) is 0 Å². The van der Waals surface area contributed by atoms with Crippen LogP contribution in [0.4, 0.5) is 0 Å². The smallest absolute Gasteiger partial charge is 0.124 e. The summed E-state index contributed by atoms with van der Waals surface area (Å²) in [6, 6.07) is 5.43. The molecular formula is C15H25NO4. The SMILES string of the molecule is CCCCOCC(O)COc1ccc(OC)cc1CN. The normalized spacial score (nSPS) is 12.2. The van der Waals surface area contributed by atoms with E-state index in [1.807, 2.05) is 6.07 Å². The van der Waals surface area contributed by atoms with Crippen LogP contribution in [0.25, 0.3) is 0 Å². The summed E-state index contributed by atoms with van der Waals surface area (Å²) in [6.07, 6.45) is 1.45. The van der Waals surface area contributed by atoms with Gasteiger partial charge in [0, 0.05) is 18.7 Å². The Morgan fingerprint density at radius 2 is 2.10 bits per heavy atom. The standard InChI is InChI=1S/C15H25NO4/c1-3-4-7-19-10-13(17)11-20-15-6-5-14(18-2)8-12(15)9-16/h5-6,8,13,17H,3-4,7,9-11,16H2,1-2H3. The molecule has 1 rings (SSSR count). The van der Waals surface area contributed by atoms with Crippen molar-refractivity contribution in [3.63, 3.8) is 0 Å². The highest BCUT2D eigenvalue weighted by Gasteiger charge is 2.09. The van der Waals surface area contributed by atoms with Crippen LogP contribution in [0.3, 0.4) is 0 Å². The molecule has 0 aromatic heterocycles. The summed E-state index contributed by atoms with van der Waals surface area (Å²) >= 11 is 0. The third-order valence-corrected chi connectivity index (χ3v) is 2.87. The first-order valence-electron chi connectivity index (χ1n) is 6.96. The third kappa shape index (κ3) is 5.77. The first kappa shape index (κ1) is 16.8. The van der Waals surface area contributed by atoms with Gasteiger partial charge in [0.05, 0.1) is 13.7 Å². The minimum Gasteiger partial charge on any atom is -0.497 e. The molecule has 0 saturated heterocycles. The maximum Gasteiger partial charge on any atom is 0.124 e. The highest BCUT2D eigenvalue weighted by atomic mass is 16.5. The molecule has 1 aromatic carbocycles. The van der Waals surface area contributed by atoms with Gasteiger partial charge in [-0.2, -0.15) is 0 Å². The average molecular weight is 283 g/mol. The summed E-state index contributed by atoms with van der Waals surface area (Å²) < 4.78 is 16.1. The molecule has 5 heteroatoms. The molecule has 0 bridgehead atoms. The van der Waals surface area contributed by atoms with Gasteiger partial charge in [0.15, 0.2) is 0 Å². The van der Waals surface area contributed by atoms with E-state index in [2.05, 4.69) is 6.92 Å². The summed E-state index contributed by atoms with van der Waals surface area (Å²) in [5.41, 5.74) is 6.52. The molecule has 1 aromatic rings. The van der Waals surface area contributed by atoms with Crippen molar-refractivity contribution in [2.45, 2.75) is 32.4 Å². The summed E-state index contributed by atoms with van der Waals surface area (Å²) in [6.45, 7) is 3.60. The van der Waals surface area contributed by atoms with Gasteiger partial charge in [0.1, 0.15) is 24.2 Å². The van der Waals surface area contributed by atoms with Crippen molar-refractivity contribution in [2.24, 2.45) is 5.73 Å². The molecule has 0 radical (unpaired) electrons. The predicted molar refractivity (Wildman–Crippen MR) is 78.1 cm³/mol. The van der Waals surface area contributed by atoms with Crippen molar-refractivity contribution in [3.8, 4) is 11.5 Å². The number of aliphatic hydroxyl groups excluding tert-OH is 1. The van der Waals surface area contributed by atoms with Gasteiger partial charge in [-0.25, -0.2) is 0 Å². The first-order chi connectivity index (χ1) is 9.71. The summed E-state index contributed by atoms with van der Waals surface area (Å²) in [5, 5.41) is 9.77. The second-order valence-corrected chi connectivity index (χ2v) is 4.57. The van der Waals surface area contributed by atoms with Crippen LogP contribution in [0.15, 0.2) is 18.2 Å². The van der Waals surface area contributed by atoms with Gasteiger partial charge >= 0.3 is 0 Å². The number of aliphatic hydroxyl groups is 1. The van der Waals surface area contributed by atoms with Crippen molar-refractivity contribution in [1.29, 1.82) is 0 Å². The van der Waals surface area contributed by atoms with Crippen molar-refractivity contribution in [2.75, 3.05) is 26.9 Å². The minimum absolute atomic E-state index is 0.186. The van der Waals surface area contributed by atoms with Crippen LogP contribution in [0.1, 0.15) is 25.3 Å². The third-order valence-electron chi connectivity index (χ3n) is 2.87. The lowest BCUT2D eigenvalue weighted by molar-refractivity contribution is 0.0111. The Hall–Kier alpha value is -1.30. The molecule has 0 fully saturated rings. The van der Waals surface area contributed by atoms with Gasteiger partial charge in [-0.3, -0.25) is 0 Å². The van der Waals surface area contributed by atoms with E-state index in [0.29, 0.717) is 18.9 Å². The topological polar surface area (TPSA) is 73.9 Å². The Morgan fingerprint density at radius 1 is 1.30 bits per heavy atom. The molecule has 5 nitrogen and oxygen atoms in total. The lowest BCUT2D eigenvalue weighted by atomic mass is 10.2. The van der Waals surface area contributed by atoms with Crippen LogP contribution in [-0.2, 0) is 11.3 Å². The maximum atomic E-state index is 9.77. The van der Waals surface area contributed by atoms with Gasteiger partial charge in [0.25, 0.3) is 0 Å². The molecule has 1 unspecified atom stereocenters. The number of benzene rings is 1. The van der Waals surface area contributed by atoms with E-state index >= 15 is 0 Å². The highest BCUT2D eigenvalue weighted by Crippen LogP contribution is 2.23. The second kappa shape index (κ2) is 9.58. The monoisotopic (exact) mass is 283 g/mol. The fraction of sp³-hybridized carbons (Fsp3) is 0.600. The fourth-order valence-corrected chi connectivity index (χ4v) is 1.68. The zero-order chi connectivity index (χ0) is 14.8. The van der Waals surface area contributed by atoms with E-state index in [4.69, 9.17) is 19.9 Å². The number of methoxy groups -OCH3 is 1. The Labute approximate surface area is 120 Å². The van der Waals surface area contributed by atoms with Crippen molar-refractivity contribution < 1.29 is 19.3 Å². The quantitative estimate of drug-likeness (QED) is 0.639. The molecule has 3 N–H and O–H groups in total. The molecule has 20 heavy (non-hydrogen) atoms. The molecule has 0 aliphatic carbocycles. The lowest BCUT2D eigenvalue weighted by Crippen LogP contribution is -2.24.